The van der Waals surface area contributed by atoms with Crippen LogP contribution < -0.4 is 5.32 Å². The molecule has 7 nitrogen and oxygen atoms in total. The van der Waals surface area contributed by atoms with E-state index >= 15 is 0 Å². The lowest BCUT2D eigenvalue weighted by atomic mass is 10.1. The van der Waals surface area contributed by atoms with Gasteiger partial charge in [0.25, 0.3) is 11.6 Å². The van der Waals surface area contributed by atoms with E-state index in [0.717, 1.165) is 0 Å². The van der Waals surface area contributed by atoms with Crippen molar-refractivity contribution in [3.63, 3.8) is 0 Å². The van der Waals surface area contributed by atoms with E-state index < -0.39 is 28.4 Å². The van der Waals surface area contributed by atoms with Crippen LogP contribution in [0.4, 0.5) is 5.69 Å². The number of benzene rings is 1. The number of amides is 1. The molecule has 1 atom stereocenters. The van der Waals surface area contributed by atoms with E-state index in [1.807, 2.05) is 20.8 Å². The standard InChI is InChI=1S/C15H20N2O5/c1-9-8-11(6-7-12(9)17(20)21)14(19)22-10(2)13(18)16-15(3,4)5/h6-8,10H,1-5H3,(H,16,18). The zero-order valence-electron chi connectivity index (χ0n) is 13.3. The summed E-state index contributed by atoms with van der Waals surface area (Å²) < 4.78 is 5.08. The minimum atomic E-state index is -0.956. The van der Waals surface area contributed by atoms with Crippen LogP contribution in [0.15, 0.2) is 18.2 Å². The first-order chi connectivity index (χ1) is 10.0. The van der Waals surface area contributed by atoms with E-state index in [-0.39, 0.29) is 11.3 Å². The summed E-state index contributed by atoms with van der Waals surface area (Å²) in [7, 11) is 0. The van der Waals surface area contributed by atoms with Gasteiger partial charge in [-0.3, -0.25) is 14.9 Å². The predicted octanol–water partition coefficient (Wildman–Crippen LogP) is 2.36. The number of nitrogens with one attached hydrogen (secondary N) is 1. The average Bonchev–Trinajstić information content (AvgIpc) is 2.35. The lowest BCUT2D eigenvalue weighted by molar-refractivity contribution is -0.385. The third-order valence-corrected chi connectivity index (χ3v) is 2.78. The summed E-state index contributed by atoms with van der Waals surface area (Å²) >= 11 is 0. The molecule has 1 N–H and O–H groups in total. The second-order valence-electron chi connectivity index (χ2n) is 6.05. The number of ether oxygens (including phenoxy) is 1. The number of carbonyl (C=O) groups is 2. The Hall–Kier alpha value is -2.44. The SMILES string of the molecule is Cc1cc(C(=O)OC(C)C(=O)NC(C)(C)C)ccc1[N+](=O)[O-]. The molecule has 22 heavy (non-hydrogen) atoms. The Labute approximate surface area is 128 Å². The van der Waals surface area contributed by atoms with Gasteiger partial charge in [0.2, 0.25) is 0 Å². The van der Waals surface area contributed by atoms with Crippen molar-refractivity contribution in [2.75, 3.05) is 0 Å². The van der Waals surface area contributed by atoms with Crippen molar-refractivity contribution in [2.45, 2.75) is 46.3 Å². The van der Waals surface area contributed by atoms with Gasteiger partial charge in [0, 0.05) is 17.2 Å². The number of carbonyl (C=O) groups excluding carboxylic acids is 2. The Bertz CT molecular complexity index is 604. The summed E-state index contributed by atoms with van der Waals surface area (Å²) in [6, 6.07) is 3.92. The van der Waals surface area contributed by atoms with Gasteiger partial charge < -0.3 is 10.1 Å². The lowest BCUT2D eigenvalue weighted by Gasteiger charge is -2.23. The molecule has 7 heteroatoms. The number of hydrogen-bond acceptors (Lipinski definition) is 5. The van der Waals surface area contributed by atoms with Gasteiger partial charge in [0.1, 0.15) is 0 Å². The Kier molecular flexibility index (Phi) is 5.24. The molecule has 120 valence electrons. The molecule has 0 radical (unpaired) electrons. The summed E-state index contributed by atoms with van der Waals surface area (Å²) in [5.74, 6) is -1.10. The second kappa shape index (κ2) is 6.55. The average molecular weight is 308 g/mol. The molecule has 1 unspecified atom stereocenters. The Morgan fingerprint density at radius 1 is 1.32 bits per heavy atom. The molecule has 0 bridgehead atoms. The molecule has 0 aromatic heterocycles. The minimum absolute atomic E-state index is 0.0740. The van der Waals surface area contributed by atoms with Crippen LogP contribution in [0.1, 0.15) is 43.6 Å². The highest BCUT2D eigenvalue weighted by Crippen LogP contribution is 2.19. The highest BCUT2D eigenvalue weighted by atomic mass is 16.6. The molecule has 0 spiro atoms. The number of esters is 1. The van der Waals surface area contributed by atoms with E-state index in [4.69, 9.17) is 4.74 Å². The Morgan fingerprint density at radius 3 is 2.36 bits per heavy atom. The molecule has 0 aliphatic rings. The van der Waals surface area contributed by atoms with Crippen molar-refractivity contribution in [3.8, 4) is 0 Å². The maximum Gasteiger partial charge on any atom is 0.338 e. The van der Waals surface area contributed by atoms with E-state index in [9.17, 15) is 19.7 Å². The smallest absolute Gasteiger partial charge is 0.338 e. The molecule has 0 heterocycles. The van der Waals surface area contributed by atoms with Gasteiger partial charge in [-0.1, -0.05) is 0 Å². The first kappa shape index (κ1) is 17.6. The van der Waals surface area contributed by atoms with Gasteiger partial charge in [-0.05, 0) is 46.8 Å². The van der Waals surface area contributed by atoms with Gasteiger partial charge in [-0.25, -0.2) is 4.79 Å². The Balaban J connectivity index is 2.79. The lowest BCUT2D eigenvalue weighted by Crippen LogP contribution is -2.46. The van der Waals surface area contributed by atoms with E-state index in [2.05, 4.69) is 5.32 Å². The normalized spacial score (nSPS) is 12.4. The maximum atomic E-state index is 12.0. The first-order valence-corrected chi connectivity index (χ1v) is 6.79. The fraction of sp³-hybridized carbons (Fsp3) is 0.467. The van der Waals surface area contributed by atoms with E-state index in [1.165, 1.54) is 32.0 Å². The molecule has 1 aromatic rings. The van der Waals surface area contributed by atoms with Gasteiger partial charge in [-0.15, -0.1) is 0 Å². The summed E-state index contributed by atoms with van der Waals surface area (Å²) in [5, 5.41) is 13.4. The molecule has 0 aliphatic heterocycles. The van der Waals surface area contributed by atoms with Crippen LogP contribution in [0, 0.1) is 17.0 Å². The number of nitro groups is 1. The van der Waals surface area contributed by atoms with E-state index in [1.54, 1.807) is 0 Å². The highest BCUT2D eigenvalue weighted by Gasteiger charge is 2.23. The number of aryl methyl sites for hydroxylation is 1. The quantitative estimate of drug-likeness (QED) is 0.523. The van der Waals surface area contributed by atoms with Crippen molar-refractivity contribution in [3.05, 3.63) is 39.4 Å². The van der Waals surface area contributed by atoms with Crippen LogP contribution >= 0.6 is 0 Å². The number of nitro benzene ring substituents is 1. The van der Waals surface area contributed by atoms with Crippen LogP contribution in [-0.2, 0) is 9.53 Å². The van der Waals surface area contributed by atoms with Crippen molar-refractivity contribution < 1.29 is 19.2 Å². The van der Waals surface area contributed by atoms with Gasteiger partial charge in [-0.2, -0.15) is 0 Å². The summed E-state index contributed by atoms with van der Waals surface area (Å²) in [5.41, 5.74) is 0.0154. The molecule has 0 aliphatic carbocycles. The molecule has 1 amide bonds. The van der Waals surface area contributed by atoms with Gasteiger partial charge in [0.15, 0.2) is 6.10 Å². The van der Waals surface area contributed by atoms with Crippen molar-refractivity contribution in [1.82, 2.24) is 5.32 Å². The molecule has 1 rings (SSSR count). The van der Waals surface area contributed by atoms with Crippen molar-refractivity contribution >= 4 is 17.6 Å². The topological polar surface area (TPSA) is 98.5 Å². The second-order valence-corrected chi connectivity index (χ2v) is 6.05. The van der Waals surface area contributed by atoms with Crippen LogP contribution in [0.5, 0.6) is 0 Å². The number of hydrogen-bond donors (Lipinski definition) is 1. The zero-order chi connectivity index (χ0) is 17.1. The van der Waals surface area contributed by atoms with Crippen LogP contribution in [0.3, 0.4) is 0 Å². The molecule has 0 saturated carbocycles. The number of rotatable bonds is 4. The molecular formula is C15H20N2O5. The van der Waals surface area contributed by atoms with Crippen LogP contribution in [-0.4, -0.2) is 28.4 Å². The molecule has 0 saturated heterocycles. The largest absolute Gasteiger partial charge is 0.449 e. The predicted molar refractivity (Wildman–Crippen MR) is 80.6 cm³/mol. The van der Waals surface area contributed by atoms with E-state index in [0.29, 0.717) is 5.56 Å². The van der Waals surface area contributed by atoms with Gasteiger partial charge >= 0.3 is 5.97 Å². The van der Waals surface area contributed by atoms with Crippen LogP contribution in [0.2, 0.25) is 0 Å². The highest BCUT2D eigenvalue weighted by molar-refractivity contribution is 5.92. The fourth-order valence-corrected chi connectivity index (χ4v) is 1.74. The van der Waals surface area contributed by atoms with Crippen LogP contribution in [0.25, 0.3) is 0 Å². The van der Waals surface area contributed by atoms with Gasteiger partial charge in [0.05, 0.1) is 10.5 Å². The maximum absolute atomic E-state index is 12.0. The summed E-state index contributed by atoms with van der Waals surface area (Å²) in [6.07, 6.45) is -0.956. The zero-order valence-corrected chi connectivity index (χ0v) is 13.3. The number of nitrogens with zero attached hydrogens (tertiary/aromatic N) is 1. The molecular weight excluding hydrogens is 288 g/mol. The minimum Gasteiger partial charge on any atom is -0.449 e. The molecule has 0 fully saturated rings. The van der Waals surface area contributed by atoms with Crippen molar-refractivity contribution in [2.24, 2.45) is 0 Å². The Morgan fingerprint density at radius 2 is 1.91 bits per heavy atom. The van der Waals surface area contributed by atoms with Crippen molar-refractivity contribution in [1.29, 1.82) is 0 Å². The first-order valence-electron chi connectivity index (χ1n) is 6.79. The summed E-state index contributed by atoms with van der Waals surface area (Å²) in [6.45, 7) is 8.46. The third-order valence-electron chi connectivity index (χ3n) is 2.78. The molecule has 1 aromatic carbocycles. The monoisotopic (exact) mass is 308 g/mol. The fourth-order valence-electron chi connectivity index (χ4n) is 1.74. The summed E-state index contributed by atoms with van der Waals surface area (Å²) in [4.78, 5) is 34.1. The third kappa shape index (κ3) is 4.83.